The fourth-order valence-corrected chi connectivity index (χ4v) is 2.16. The second kappa shape index (κ2) is 6.62. The number of rotatable bonds is 2. The molecule has 94 valence electrons. The van der Waals surface area contributed by atoms with E-state index in [2.05, 4.69) is 5.32 Å². The third kappa shape index (κ3) is 3.45. The molecule has 1 unspecified atom stereocenters. The number of amides is 1. The van der Waals surface area contributed by atoms with Gasteiger partial charge in [-0.05, 0) is 32.0 Å². The van der Waals surface area contributed by atoms with E-state index >= 15 is 0 Å². The lowest BCUT2D eigenvalue weighted by Crippen LogP contribution is -2.46. The molecule has 3 nitrogen and oxygen atoms in total. The van der Waals surface area contributed by atoms with E-state index in [9.17, 15) is 4.79 Å². The first-order chi connectivity index (χ1) is 7.81. The molecule has 0 bridgehead atoms. The molecule has 0 spiro atoms. The molecule has 4 heteroatoms. The lowest BCUT2D eigenvalue weighted by Gasteiger charge is -2.32. The highest BCUT2D eigenvalue weighted by Gasteiger charge is 2.22. The second-order valence-electron chi connectivity index (χ2n) is 4.25. The van der Waals surface area contributed by atoms with Crippen LogP contribution in [0.3, 0.4) is 0 Å². The van der Waals surface area contributed by atoms with Crippen molar-refractivity contribution >= 4 is 18.3 Å². The summed E-state index contributed by atoms with van der Waals surface area (Å²) >= 11 is 0. The minimum atomic E-state index is 0. The summed E-state index contributed by atoms with van der Waals surface area (Å²) in [6, 6.07) is 9.96. The fraction of sp³-hybridized carbons (Fsp3) is 0.462. The third-order valence-electron chi connectivity index (χ3n) is 3.14. The van der Waals surface area contributed by atoms with Crippen LogP contribution in [0.1, 0.15) is 23.2 Å². The molecule has 17 heavy (non-hydrogen) atoms. The number of carbonyl (C=O) groups excluding carboxylic acids is 1. The Morgan fingerprint density at radius 1 is 1.35 bits per heavy atom. The van der Waals surface area contributed by atoms with Crippen molar-refractivity contribution in [3.63, 3.8) is 0 Å². The molecule has 1 aliphatic heterocycles. The van der Waals surface area contributed by atoms with Gasteiger partial charge < -0.3 is 10.2 Å². The van der Waals surface area contributed by atoms with Gasteiger partial charge >= 0.3 is 0 Å². The minimum absolute atomic E-state index is 0. The number of likely N-dealkylation sites (tertiary alicyclic amines) is 1. The van der Waals surface area contributed by atoms with Crippen molar-refractivity contribution < 1.29 is 4.79 Å². The van der Waals surface area contributed by atoms with Crippen molar-refractivity contribution in [2.24, 2.45) is 0 Å². The zero-order valence-electron chi connectivity index (χ0n) is 10.1. The predicted molar refractivity (Wildman–Crippen MR) is 71.7 cm³/mol. The summed E-state index contributed by atoms with van der Waals surface area (Å²) in [5, 5.41) is 3.25. The van der Waals surface area contributed by atoms with Gasteiger partial charge in [0.15, 0.2) is 0 Å². The number of hydrogen-bond acceptors (Lipinski definition) is 2. The fourth-order valence-electron chi connectivity index (χ4n) is 2.16. The molecule has 1 saturated heterocycles. The monoisotopic (exact) mass is 254 g/mol. The topological polar surface area (TPSA) is 32.3 Å². The number of carbonyl (C=O) groups is 1. The molecule has 1 N–H and O–H groups in total. The number of likely N-dealkylation sites (N-methyl/N-ethyl adjacent to an activating group) is 1. The Balaban J connectivity index is 0.00000144. The van der Waals surface area contributed by atoms with Gasteiger partial charge in [0.25, 0.3) is 5.91 Å². The van der Waals surface area contributed by atoms with Crippen LogP contribution in [0, 0.1) is 0 Å². The zero-order valence-corrected chi connectivity index (χ0v) is 10.9. The summed E-state index contributed by atoms with van der Waals surface area (Å²) in [5.74, 6) is 0.153. The van der Waals surface area contributed by atoms with Crippen LogP contribution in [0.25, 0.3) is 0 Å². The summed E-state index contributed by atoms with van der Waals surface area (Å²) in [6.45, 7) is 1.70. The van der Waals surface area contributed by atoms with Crippen LogP contribution in [0.15, 0.2) is 30.3 Å². The van der Waals surface area contributed by atoms with E-state index in [1.807, 2.05) is 42.3 Å². The average molecular weight is 255 g/mol. The first-order valence-corrected chi connectivity index (χ1v) is 5.83. The van der Waals surface area contributed by atoms with Gasteiger partial charge in [-0.25, -0.2) is 0 Å². The number of hydrogen-bond donors (Lipinski definition) is 1. The molecule has 1 heterocycles. The maximum atomic E-state index is 12.2. The largest absolute Gasteiger partial charge is 0.337 e. The van der Waals surface area contributed by atoms with Crippen molar-refractivity contribution in [1.82, 2.24) is 10.2 Å². The van der Waals surface area contributed by atoms with E-state index < -0.39 is 0 Å². The Morgan fingerprint density at radius 2 is 2.06 bits per heavy atom. The highest BCUT2D eigenvalue weighted by atomic mass is 35.5. The molecule has 1 aromatic carbocycles. The number of benzene rings is 1. The van der Waals surface area contributed by atoms with E-state index in [1.165, 1.54) is 0 Å². The summed E-state index contributed by atoms with van der Waals surface area (Å²) in [7, 11) is 1.96. The number of piperidine rings is 1. The van der Waals surface area contributed by atoms with Gasteiger partial charge in [0.1, 0.15) is 0 Å². The molecule has 0 aromatic heterocycles. The smallest absolute Gasteiger partial charge is 0.253 e. The maximum absolute atomic E-state index is 12.2. The van der Waals surface area contributed by atoms with Gasteiger partial charge in [0, 0.05) is 24.7 Å². The first-order valence-electron chi connectivity index (χ1n) is 5.83. The number of nitrogens with one attached hydrogen (secondary N) is 1. The molecular formula is C13H19ClN2O. The van der Waals surface area contributed by atoms with Crippen LogP contribution >= 0.6 is 12.4 Å². The van der Waals surface area contributed by atoms with Crippen LogP contribution in [-0.2, 0) is 0 Å². The van der Waals surface area contributed by atoms with Gasteiger partial charge in [-0.15, -0.1) is 12.4 Å². The van der Waals surface area contributed by atoms with Crippen LogP contribution in [0.2, 0.25) is 0 Å². The molecule has 1 aliphatic rings. The number of nitrogens with zero attached hydrogens (tertiary/aromatic N) is 1. The first kappa shape index (κ1) is 14.0. The highest BCUT2D eigenvalue weighted by molar-refractivity contribution is 5.94. The Kier molecular flexibility index (Phi) is 5.45. The van der Waals surface area contributed by atoms with Crippen LogP contribution in [0.5, 0.6) is 0 Å². The van der Waals surface area contributed by atoms with Crippen molar-refractivity contribution in [3.05, 3.63) is 35.9 Å². The van der Waals surface area contributed by atoms with Crippen LogP contribution in [-0.4, -0.2) is 37.0 Å². The van der Waals surface area contributed by atoms with E-state index in [4.69, 9.17) is 0 Å². The molecule has 1 fully saturated rings. The van der Waals surface area contributed by atoms with Gasteiger partial charge in [0.05, 0.1) is 0 Å². The standard InChI is InChI=1S/C13H18N2O.ClH/c1-14-12-8-5-9-15(10-12)13(16)11-6-3-2-4-7-11;/h2-4,6-7,12,14H,5,8-10H2,1H3;1H. The van der Waals surface area contributed by atoms with Crippen molar-refractivity contribution in [2.45, 2.75) is 18.9 Å². The predicted octanol–water partition coefficient (Wildman–Crippen LogP) is 1.93. The van der Waals surface area contributed by atoms with Crippen molar-refractivity contribution in [3.8, 4) is 0 Å². The van der Waals surface area contributed by atoms with E-state index in [0.29, 0.717) is 6.04 Å². The normalized spacial score (nSPS) is 19.6. The van der Waals surface area contributed by atoms with E-state index in [0.717, 1.165) is 31.5 Å². The van der Waals surface area contributed by atoms with E-state index in [1.54, 1.807) is 0 Å². The van der Waals surface area contributed by atoms with Crippen molar-refractivity contribution in [2.75, 3.05) is 20.1 Å². The molecule has 1 amide bonds. The molecule has 0 saturated carbocycles. The molecular weight excluding hydrogens is 236 g/mol. The lowest BCUT2D eigenvalue weighted by atomic mass is 10.0. The van der Waals surface area contributed by atoms with Gasteiger partial charge in [-0.3, -0.25) is 4.79 Å². The van der Waals surface area contributed by atoms with Gasteiger partial charge in [0.2, 0.25) is 0 Å². The minimum Gasteiger partial charge on any atom is -0.337 e. The Hall–Kier alpha value is -1.06. The SMILES string of the molecule is CNC1CCCN(C(=O)c2ccccc2)C1.Cl. The average Bonchev–Trinajstić information content (AvgIpc) is 2.39. The summed E-state index contributed by atoms with van der Waals surface area (Å²) < 4.78 is 0. The summed E-state index contributed by atoms with van der Waals surface area (Å²) in [5.41, 5.74) is 0.791. The molecule has 2 rings (SSSR count). The molecule has 1 aromatic rings. The highest BCUT2D eigenvalue weighted by Crippen LogP contribution is 2.13. The maximum Gasteiger partial charge on any atom is 0.253 e. The summed E-state index contributed by atoms with van der Waals surface area (Å²) in [6.07, 6.45) is 2.25. The van der Waals surface area contributed by atoms with Gasteiger partial charge in [-0.2, -0.15) is 0 Å². The van der Waals surface area contributed by atoms with Crippen LogP contribution < -0.4 is 5.32 Å². The summed E-state index contributed by atoms with van der Waals surface area (Å²) in [4.78, 5) is 14.1. The Bertz CT molecular complexity index is 356. The second-order valence-corrected chi connectivity index (χ2v) is 4.25. The Morgan fingerprint density at radius 3 is 2.71 bits per heavy atom. The number of halogens is 1. The quantitative estimate of drug-likeness (QED) is 0.875. The Labute approximate surface area is 109 Å². The van der Waals surface area contributed by atoms with Gasteiger partial charge in [-0.1, -0.05) is 18.2 Å². The van der Waals surface area contributed by atoms with Crippen molar-refractivity contribution in [1.29, 1.82) is 0 Å². The molecule has 0 aliphatic carbocycles. The molecule has 0 radical (unpaired) electrons. The van der Waals surface area contributed by atoms with Crippen LogP contribution in [0.4, 0.5) is 0 Å². The zero-order chi connectivity index (χ0) is 11.4. The molecule has 1 atom stereocenters. The van der Waals surface area contributed by atoms with E-state index in [-0.39, 0.29) is 18.3 Å². The third-order valence-corrected chi connectivity index (χ3v) is 3.14. The lowest BCUT2D eigenvalue weighted by molar-refractivity contribution is 0.0698.